The van der Waals surface area contributed by atoms with E-state index >= 15 is 0 Å². The Morgan fingerprint density at radius 1 is 1.00 bits per heavy atom. The molecule has 0 aliphatic carbocycles. The number of hydrogen-bond donors (Lipinski definition) is 0. The molecule has 0 N–H and O–H groups in total. The van der Waals surface area contributed by atoms with Gasteiger partial charge in [0, 0.05) is 37.1 Å². The van der Waals surface area contributed by atoms with Gasteiger partial charge in [0.15, 0.2) is 0 Å². The van der Waals surface area contributed by atoms with Gasteiger partial charge in [-0.05, 0) is 24.3 Å². The lowest BCUT2D eigenvalue weighted by molar-refractivity contribution is -0.114. The normalized spacial score (nSPS) is 14.2. The molecule has 106 valence electrons. The third kappa shape index (κ3) is 2.82. The molecule has 1 aliphatic heterocycles. The quantitative estimate of drug-likeness (QED) is 0.858. The first-order valence-electron chi connectivity index (χ1n) is 7.08. The molecule has 21 heavy (non-hydrogen) atoms. The molecule has 0 spiro atoms. The third-order valence-electron chi connectivity index (χ3n) is 3.71. The minimum Gasteiger partial charge on any atom is -0.370 e. The number of amides is 1. The van der Waals surface area contributed by atoms with Crippen molar-refractivity contribution in [3.05, 3.63) is 72.3 Å². The first-order valence-corrected chi connectivity index (χ1v) is 7.08. The lowest BCUT2D eigenvalue weighted by Gasteiger charge is -2.21. The van der Waals surface area contributed by atoms with Crippen LogP contribution in [0.15, 0.2) is 72.3 Å². The number of anilines is 2. The number of para-hydroxylation sites is 2. The van der Waals surface area contributed by atoms with Crippen molar-refractivity contribution in [1.82, 2.24) is 0 Å². The van der Waals surface area contributed by atoms with Crippen LogP contribution in [-0.2, 0) is 4.79 Å². The van der Waals surface area contributed by atoms with Crippen LogP contribution in [0.4, 0.5) is 11.4 Å². The van der Waals surface area contributed by atoms with Gasteiger partial charge in [0.25, 0.3) is 5.91 Å². The van der Waals surface area contributed by atoms with Crippen LogP contribution in [0.2, 0.25) is 0 Å². The molecule has 1 amide bonds. The van der Waals surface area contributed by atoms with E-state index in [0.717, 1.165) is 16.9 Å². The molecule has 2 aromatic carbocycles. The molecular formula is C18H18N2O. The molecule has 0 saturated heterocycles. The summed E-state index contributed by atoms with van der Waals surface area (Å²) in [5.41, 5.74) is 2.92. The summed E-state index contributed by atoms with van der Waals surface area (Å²) in [5.74, 6) is 0.101. The molecule has 1 aliphatic rings. The summed E-state index contributed by atoms with van der Waals surface area (Å²) in [5, 5.41) is 0. The van der Waals surface area contributed by atoms with Crippen LogP contribution in [0, 0.1) is 0 Å². The minimum absolute atomic E-state index is 0.101. The van der Waals surface area contributed by atoms with E-state index in [4.69, 9.17) is 0 Å². The third-order valence-corrected chi connectivity index (χ3v) is 3.71. The van der Waals surface area contributed by atoms with E-state index in [1.54, 1.807) is 0 Å². The maximum atomic E-state index is 12.5. The van der Waals surface area contributed by atoms with E-state index in [1.807, 2.05) is 66.6 Å². The number of benzene rings is 2. The number of hydrogen-bond acceptors (Lipinski definition) is 2. The van der Waals surface area contributed by atoms with E-state index in [-0.39, 0.29) is 5.91 Å². The van der Waals surface area contributed by atoms with Gasteiger partial charge in [-0.2, -0.15) is 0 Å². The molecule has 3 heteroatoms. The highest BCUT2D eigenvalue weighted by Crippen LogP contribution is 2.22. The van der Waals surface area contributed by atoms with Gasteiger partial charge in [0.2, 0.25) is 0 Å². The first-order chi connectivity index (χ1) is 10.3. The summed E-state index contributed by atoms with van der Waals surface area (Å²) < 4.78 is 0. The highest BCUT2D eigenvalue weighted by molar-refractivity contribution is 6.08. The average molecular weight is 278 g/mol. The molecule has 0 radical (unpaired) electrons. The van der Waals surface area contributed by atoms with Crippen LogP contribution in [0.5, 0.6) is 0 Å². The van der Waals surface area contributed by atoms with E-state index in [1.165, 1.54) is 0 Å². The molecule has 0 aromatic heterocycles. The molecule has 0 saturated carbocycles. The fraction of sp³-hybridized carbons (Fsp3) is 0.167. The van der Waals surface area contributed by atoms with Crippen LogP contribution in [0.1, 0.15) is 0 Å². The fourth-order valence-electron chi connectivity index (χ4n) is 2.54. The van der Waals surface area contributed by atoms with Gasteiger partial charge in [-0.15, -0.1) is 0 Å². The van der Waals surface area contributed by atoms with Gasteiger partial charge in [-0.1, -0.05) is 42.5 Å². The summed E-state index contributed by atoms with van der Waals surface area (Å²) in [6.07, 6.45) is 2.02. The lowest BCUT2D eigenvalue weighted by Crippen LogP contribution is -2.30. The Hall–Kier alpha value is -2.55. The zero-order chi connectivity index (χ0) is 14.7. The molecule has 3 nitrogen and oxygen atoms in total. The standard InChI is InChI=1S/C18H18N2O/c1-19(16-8-4-2-5-9-16)14-15-12-13-20(18(15)21)17-10-6-3-7-11-17/h2-12H,13-14H2,1H3. The summed E-state index contributed by atoms with van der Waals surface area (Å²) in [7, 11) is 2.01. The van der Waals surface area contributed by atoms with Crippen molar-refractivity contribution in [2.24, 2.45) is 0 Å². The van der Waals surface area contributed by atoms with Crippen molar-refractivity contribution in [3.8, 4) is 0 Å². The number of carbonyl (C=O) groups excluding carboxylic acids is 1. The van der Waals surface area contributed by atoms with E-state index in [2.05, 4.69) is 17.0 Å². The highest BCUT2D eigenvalue weighted by Gasteiger charge is 2.25. The molecule has 0 unspecified atom stereocenters. The topological polar surface area (TPSA) is 23.6 Å². The average Bonchev–Trinajstić information content (AvgIpc) is 2.90. The van der Waals surface area contributed by atoms with E-state index in [0.29, 0.717) is 13.1 Å². The second-order valence-electron chi connectivity index (χ2n) is 5.17. The maximum Gasteiger partial charge on any atom is 0.256 e. The number of rotatable bonds is 4. The first kappa shape index (κ1) is 13.4. The molecule has 0 atom stereocenters. The maximum absolute atomic E-state index is 12.5. The summed E-state index contributed by atoms with van der Waals surface area (Å²) >= 11 is 0. The molecule has 0 bridgehead atoms. The lowest BCUT2D eigenvalue weighted by atomic mass is 10.2. The number of likely N-dealkylation sites (N-methyl/N-ethyl adjacent to an activating group) is 1. The predicted octanol–water partition coefficient (Wildman–Crippen LogP) is 3.10. The predicted molar refractivity (Wildman–Crippen MR) is 86.6 cm³/mol. The van der Waals surface area contributed by atoms with Gasteiger partial charge in [0.1, 0.15) is 0 Å². The van der Waals surface area contributed by atoms with Gasteiger partial charge in [0.05, 0.1) is 0 Å². The van der Waals surface area contributed by atoms with Gasteiger partial charge in [-0.3, -0.25) is 4.79 Å². The minimum atomic E-state index is 0.101. The van der Waals surface area contributed by atoms with Crippen LogP contribution in [0.3, 0.4) is 0 Å². The second-order valence-corrected chi connectivity index (χ2v) is 5.17. The zero-order valence-electron chi connectivity index (χ0n) is 12.1. The smallest absolute Gasteiger partial charge is 0.256 e. The largest absolute Gasteiger partial charge is 0.370 e. The van der Waals surface area contributed by atoms with E-state index in [9.17, 15) is 4.79 Å². The van der Waals surface area contributed by atoms with Crippen LogP contribution in [0.25, 0.3) is 0 Å². The fourth-order valence-corrected chi connectivity index (χ4v) is 2.54. The Kier molecular flexibility index (Phi) is 3.73. The monoisotopic (exact) mass is 278 g/mol. The second kappa shape index (κ2) is 5.83. The molecule has 0 fully saturated rings. The zero-order valence-corrected chi connectivity index (χ0v) is 12.1. The highest BCUT2D eigenvalue weighted by atomic mass is 16.2. The van der Waals surface area contributed by atoms with Crippen molar-refractivity contribution in [3.63, 3.8) is 0 Å². The number of nitrogens with zero attached hydrogens (tertiary/aromatic N) is 2. The Balaban J connectivity index is 1.70. The van der Waals surface area contributed by atoms with Crippen molar-refractivity contribution in [2.45, 2.75) is 0 Å². The summed E-state index contributed by atoms with van der Waals surface area (Å²) in [6.45, 7) is 1.28. The van der Waals surface area contributed by atoms with Crippen molar-refractivity contribution in [1.29, 1.82) is 0 Å². The summed E-state index contributed by atoms with van der Waals surface area (Å²) in [6, 6.07) is 19.9. The molecule has 2 aromatic rings. The van der Waals surface area contributed by atoms with E-state index < -0.39 is 0 Å². The SMILES string of the molecule is CN(CC1=CCN(c2ccccc2)C1=O)c1ccccc1. The van der Waals surface area contributed by atoms with Gasteiger partial charge >= 0.3 is 0 Å². The Bertz CT molecular complexity index is 649. The Morgan fingerprint density at radius 2 is 1.62 bits per heavy atom. The Labute approximate surface area is 125 Å². The van der Waals surface area contributed by atoms with Crippen LogP contribution >= 0.6 is 0 Å². The van der Waals surface area contributed by atoms with Gasteiger partial charge in [-0.25, -0.2) is 0 Å². The molecule has 3 rings (SSSR count). The van der Waals surface area contributed by atoms with Crippen LogP contribution < -0.4 is 9.80 Å². The van der Waals surface area contributed by atoms with Crippen molar-refractivity contribution in [2.75, 3.05) is 29.9 Å². The van der Waals surface area contributed by atoms with Crippen LogP contribution in [-0.4, -0.2) is 26.0 Å². The molecular weight excluding hydrogens is 260 g/mol. The van der Waals surface area contributed by atoms with Gasteiger partial charge < -0.3 is 9.80 Å². The van der Waals surface area contributed by atoms with Crippen molar-refractivity contribution < 1.29 is 4.79 Å². The number of carbonyl (C=O) groups is 1. The van der Waals surface area contributed by atoms with Crippen molar-refractivity contribution >= 4 is 17.3 Å². The Morgan fingerprint density at radius 3 is 2.29 bits per heavy atom. The molecule has 1 heterocycles. The summed E-state index contributed by atoms with van der Waals surface area (Å²) in [4.78, 5) is 16.4.